The molecule has 5 heteroatoms. The molecule has 0 radical (unpaired) electrons. The molecule has 0 saturated carbocycles. The van der Waals surface area contributed by atoms with Gasteiger partial charge in [-0.25, -0.2) is 4.39 Å². The summed E-state index contributed by atoms with van der Waals surface area (Å²) in [6.45, 7) is 3.83. The minimum Gasteiger partial charge on any atom is -0.493 e. The molecule has 0 aliphatic carbocycles. The van der Waals surface area contributed by atoms with E-state index in [2.05, 4.69) is 28.2 Å². The van der Waals surface area contributed by atoms with Crippen LogP contribution < -0.4 is 14.8 Å². The van der Waals surface area contributed by atoms with Crippen LogP contribution in [0.25, 0.3) is 0 Å². The predicted octanol–water partition coefficient (Wildman–Crippen LogP) is 4.68. The number of benzene rings is 2. The van der Waals surface area contributed by atoms with Gasteiger partial charge in [0.05, 0.1) is 7.11 Å². The molecule has 2 rings (SSSR count). The summed E-state index contributed by atoms with van der Waals surface area (Å²) >= 11 is 3.55. The van der Waals surface area contributed by atoms with E-state index < -0.39 is 0 Å². The zero-order valence-electron chi connectivity index (χ0n) is 13.4. The van der Waals surface area contributed by atoms with Gasteiger partial charge >= 0.3 is 0 Å². The molecule has 0 amide bonds. The Morgan fingerprint density at radius 2 is 1.96 bits per heavy atom. The third-order valence-corrected chi connectivity index (χ3v) is 4.19. The highest BCUT2D eigenvalue weighted by atomic mass is 79.9. The first-order chi connectivity index (χ1) is 11.2. The van der Waals surface area contributed by atoms with Crippen molar-refractivity contribution in [2.24, 2.45) is 0 Å². The summed E-state index contributed by atoms with van der Waals surface area (Å²) < 4.78 is 26.0. The topological polar surface area (TPSA) is 30.5 Å². The van der Waals surface area contributed by atoms with Gasteiger partial charge in [-0.15, -0.1) is 0 Å². The van der Waals surface area contributed by atoms with Gasteiger partial charge in [-0.1, -0.05) is 41.1 Å². The molecule has 0 aliphatic heterocycles. The Balaban J connectivity index is 2.23. The number of hydrogen-bond donors (Lipinski definition) is 1. The van der Waals surface area contributed by atoms with Crippen LogP contribution in [-0.2, 0) is 13.2 Å². The molecule has 3 nitrogen and oxygen atoms in total. The lowest BCUT2D eigenvalue weighted by atomic mass is 10.1. The summed E-state index contributed by atoms with van der Waals surface area (Å²) in [5.41, 5.74) is 1.48. The van der Waals surface area contributed by atoms with Crippen molar-refractivity contribution in [3.8, 4) is 11.5 Å². The molecule has 0 heterocycles. The first kappa shape index (κ1) is 17.8. The van der Waals surface area contributed by atoms with E-state index in [4.69, 9.17) is 9.47 Å². The quantitative estimate of drug-likeness (QED) is 0.673. The van der Waals surface area contributed by atoms with Crippen LogP contribution >= 0.6 is 15.9 Å². The highest BCUT2D eigenvalue weighted by molar-refractivity contribution is 9.10. The van der Waals surface area contributed by atoms with Crippen molar-refractivity contribution in [3.63, 3.8) is 0 Å². The Labute approximate surface area is 144 Å². The van der Waals surface area contributed by atoms with Crippen molar-refractivity contribution >= 4 is 15.9 Å². The molecule has 0 fully saturated rings. The van der Waals surface area contributed by atoms with Crippen molar-refractivity contribution in [3.05, 3.63) is 57.8 Å². The van der Waals surface area contributed by atoms with Gasteiger partial charge in [0.1, 0.15) is 12.4 Å². The van der Waals surface area contributed by atoms with Crippen molar-refractivity contribution in [2.45, 2.75) is 26.5 Å². The van der Waals surface area contributed by atoms with E-state index in [1.807, 2.05) is 12.1 Å². The Hall–Kier alpha value is -1.59. The van der Waals surface area contributed by atoms with Gasteiger partial charge in [-0.3, -0.25) is 0 Å². The minimum atomic E-state index is -0.271. The summed E-state index contributed by atoms with van der Waals surface area (Å²) in [5, 5.41) is 3.35. The molecule has 0 aromatic heterocycles. The van der Waals surface area contributed by atoms with Crippen LogP contribution in [0, 0.1) is 5.82 Å². The highest BCUT2D eigenvalue weighted by Crippen LogP contribution is 2.36. The third-order valence-electron chi connectivity index (χ3n) is 3.45. The molecule has 2 aromatic carbocycles. The molecule has 23 heavy (non-hydrogen) atoms. The van der Waals surface area contributed by atoms with E-state index in [-0.39, 0.29) is 12.4 Å². The molecule has 2 aromatic rings. The number of ether oxygens (including phenoxy) is 2. The normalized spacial score (nSPS) is 10.6. The maximum absolute atomic E-state index is 13.8. The third kappa shape index (κ3) is 4.69. The maximum Gasteiger partial charge on any atom is 0.167 e. The lowest BCUT2D eigenvalue weighted by molar-refractivity contribution is 0.275. The zero-order chi connectivity index (χ0) is 16.7. The van der Waals surface area contributed by atoms with Crippen LogP contribution in [0.4, 0.5) is 4.39 Å². The summed E-state index contributed by atoms with van der Waals surface area (Å²) in [7, 11) is 1.60. The van der Waals surface area contributed by atoms with Crippen molar-refractivity contribution in [1.29, 1.82) is 0 Å². The molecule has 0 aliphatic rings. The fourth-order valence-electron chi connectivity index (χ4n) is 2.22. The van der Waals surface area contributed by atoms with E-state index in [1.165, 1.54) is 6.07 Å². The van der Waals surface area contributed by atoms with Gasteiger partial charge in [0.25, 0.3) is 0 Å². The van der Waals surface area contributed by atoms with Crippen molar-refractivity contribution in [1.82, 2.24) is 5.32 Å². The van der Waals surface area contributed by atoms with Crippen LogP contribution in [0.2, 0.25) is 0 Å². The van der Waals surface area contributed by atoms with Crippen LogP contribution in [0.15, 0.2) is 40.9 Å². The fourth-order valence-corrected chi connectivity index (χ4v) is 2.67. The molecule has 124 valence electrons. The van der Waals surface area contributed by atoms with Crippen LogP contribution in [0.1, 0.15) is 24.5 Å². The smallest absolute Gasteiger partial charge is 0.167 e. The average molecular weight is 382 g/mol. The summed E-state index contributed by atoms with van der Waals surface area (Å²) in [6.07, 6.45) is 1.05. The van der Waals surface area contributed by atoms with E-state index in [0.717, 1.165) is 23.0 Å². The maximum atomic E-state index is 13.8. The largest absolute Gasteiger partial charge is 0.493 e. The molecule has 0 bridgehead atoms. The second-order valence-electron chi connectivity index (χ2n) is 5.11. The Kier molecular flexibility index (Phi) is 6.86. The molecule has 0 unspecified atom stereocenters. The molecule has 0 atom stereocenters. The lowest BCUT2D eigenvalue weighted by Gasteiger charge is -2.17. The Morgan fingerprint density at radius 1 is 1.17 bits per heavy atom. The van der Waals surface area contributed by atoms with E-state index >= 15 is 0 Å². The van der Waals surface area contributed by atoms with Gasteiger partial charge < -0.3 is 14.8 Å². The first-order valence-electron chi connectivity index (χ1n) is 7.59. The van der Waals surface area contributed by atoms with Crippen LogP contribution in [0.5, 0.6) is 11.5 Å². The Morgan fingerprint density at radius 3 is 2.65 bits per heavy atom. The Bertz CT molecular complexity index is 649. The summed E-state index contributed by atoms with van der Waals surface area (Å²) in [4.78, 5) is 0. The van der Waals surface area contributed by atoms with E-state index in [0.29, 0.717) is 23.6 Å². The van der Waals surface area contributed by atoms with Gasteiger partial charge in [-0.05, 0) is 31.2 Å². The van der Waals surface area contributed by atoms with Gasteiger partial charge in [0.15, 0.2) is 11.5 Å². The second-order valence-corrected chi connectivity index (χ2v) is 5.97. The van der Waals surface area contributed by atoms with Gasteiger partial charge in [-0.2, -0.15) is 0 Å². The van der Waals surface area contributed by atoms with Crippen LogP contribution in [0.3, 0.4) is 0 Å². The summed E-state index contributed by atoms with van der Waals surface area (Å²) in [6, 6.07) is 10.4. The number of nitrogens with one attached hydrogen (secondary N) is 1. The van der Waals surface area contributed by atoms with Crippen LogP contribution in [-0.4, -0.2) is 13.7 Å². The molecular weight excluding hydrogens is 361 g/mol. The average Bonchev–Trinajstić information content (AvgIpc) is 2.56. The minimum absolute atomic E-state index is 0.153. The predicted molar refractivity (Wildman–Crippen MR) is 93.4 cm³/mol. The number of methoxy groups -OCH3 is 1. The van der Waals surface area contributed by atoms with Gasteiger partial charge in [0.2, 0.25) is 0 Å². The first-order valence-corrected chi connectivity index (χ1v) is 8.39. The highest BCUT2D eigenvalue weighted by Gasteiger charge is 2.15. The number of hydrogen-bond acceptors (Lipinski definition) is 3. The lowest BCUT2D eigenvalue weighted by Crippen LogP contribution is -2.15. The van der Waals surface area contributed by atoms with E-state index in [9.17, 15) is 4.39 Å². The molecule has 0 saturated heterocycles. The molecular formula is C18H21BrFNO2. The second kappa shape index (κ2) is 8.89. The monoisotopic (exact) mass is 381 g/mol. The van der Waals surface area contributed by atoms with Crippen molar-refractivity contribution < 1.29 is 13.9 Å². The summed E-state index contributed by atoms with van der Waals surface area (Å²) in [5.74, 6) is 0.999. The SMILES string of the molecule is CCCNCc1c(Br)ccc(OC)c1OCc1ccccc1F. The standard InChI is InChI=1S/C18H21BrFNO2/c1-3-10-21-11-14-15(19)8-9-17(22-2)18(14)23-12-13-6-4-5-7-16(13)20/h4-9,21H,3,10-12H2,1-2H3. The van der Waals surface area contributed by atoms with Crippen molar-refractivity contribution in [2.75, 3.05) is 13.7 Å². The fraction of sp³-hybridized carbons (Fsp3) is 0.333. The number of halogens is 2. The van der Waals surface area contributed by atoms with Gasteiger partial charge in [0, 0.05) is 22.1 Å². The zero-order valence-corrected chi connectivity index (χ0v) is 15.0. The molecule has 0 spiro atoms. The van der Waals surface area contributed by atoms with E-state index in [1.54, 1.807) is 25.3 Å². The molecule has 1 N–H and O–H groups in total. The number of rotatable bonds is 8.